The Morgan fingerprint density at radius 1 is 1.41 bits per heavy atom. The zero-order valence-corrected chi connectivity index (χ0v) is 10.5. The van der Waals surface area contributed by atoms with Crippen molar-refractivity contribution < 1.29 is 19.4 Å². The molecule has 0 saturated heterocycles. The van der Waals surface area contributed by atoms with Gasteiger partial charge in [0.2, 0.25) is 0 Å². The van der Waals surface area contributed by atoms with Crippen molar-refractivity contribution in [1.82, 2.24) is 10.6 Å². The van der Waals surface area contributed by atoms with Crippen molar-refractivity contribution in [2.24, 2.45) is 0 Å². The van der Waals surface area contributed by atoms with Crippen LogP contribution in [0.25, 0.3) is 0 Å². The maximum absolute atomic E-state index is 11.7. The van der Waals surface area contributed by atoms with Gasteiger partial charge >= 0.3 is 12.0 Å². The van der Waals surface area contributed by atoms with Gasteiger partial charge in [-0.3, -0.25) is 0 Å². The molecular formula is C11H20N2O4. The van der Waals surface area contributed by atoms with Crippen LogP contribution in [0, 0.1) is 0 Å². The summed E-state index contributed by atoms with van der Waals surface area (Å²) < 4.78 is 4.97. The van der Waals surface area contributed by atoms with E-state index in [-0.39, 0.29) is 0 Å². The Balaban J connectivity index is 2.52. The van der Waals surface area contributed by atoms with Crippen LogP contribution in [-0.2, 0) is 9.53 Å². The van der Waals surface area contributed by atoms with Crippen LogP contribution < -0.4 is 10.6 Å². The van der Waals surface area contributed by atoms with Crippen LogP contribution in [0.2, 0.25) is 0 Å². The van der Waals surface area contributed by atoms with Crippen molar-refractivity contribution in [1.29, 1.82) is 0 Å². The highest BCUT2D eigenvalue weighted by Gasteiger charge is 2.46. The number of carboxylic acids is 1. The third-order valence-corrected chi connectivity index (χ3v) is 2.93. The van der Waals surface area contributed by atoms with Crippen LogP contribution in [0.4, 0.5) is 4.79 Å². The van der Waals surface area contributed by atoms with Crippen molar-refractivity contribution in [3.63, 3.8) is 0 Å². The normalized spacial score (nSPS) is 18.1. The minimum absolute atomic E-state index is 0.362. The van der Waals surface area contributed by atoms with Gasteiger partial charge in [0.15, 0.2) is 0 Å². The molecule has 1 aliphatic carbocycles. The predicted octanol–water partition coefficient (Wildman–Crippen LogP) is 0.718. The molecule has 0 aromatic rings. The number of urea groups is 1. The molecule has 0 heterocycles. The van der Waals surface area contributed by atoms with Gasteiger partial charge in [0.05, 0.1) is 12.1 Å². The summed E-state index contributed by atoms with van der Waals surface area (Å²) in [6.07, 6.45) is 1.80. The largest absolute Gasteiger partial charge is 0.480 e. The Hall–Kier alpha value is -1.30. The molecule has 0 spiro atoms. The topological polar surface area (TPSA) is 87.7 Å². The number of aliphatic carboxylic acids is 1. The molecular weight excluding hydrogens is 224 g/mol. The first kappa shape index (κ1) is 13.8. The Labute approximate surface area is 101 Å². The zero-order chi connectivity index (χ0) is 13.1. The second-order valence-electron chi connectivity index (χ2n) is 5.14. The standard InChI is InChI=1S/C11H20N2O4/c1-10(2,7-17-3)12-9(16)13-11(8(14)15)5-4-6-11/h4-7H2,1-3H3,(H,14,15)(H2,12,13,16). The Morgan fingerprint density at radius 3 is 2.35 bits per heavy atom. The average Bonchev–Trinajstić information content (AvgIpc) is 2.09. The first-order valence-electron chi connectivity index (χ1n) is 5.64. The van der Waals surface area contributed by atoms with E-state index in [4.69, 9.17) is 9.84 Å². The molecule has 0 aromatic heterocycles. The number of carbonyl (C=O) groups is 2. The van der Waals surface area contributed by atoms with E-state index < -0.39 is 23.1 Å². The van der Waals surface area contributed by atoms with E-state index in [9.17, 15) is 9.59 Å². The maximum Gasteiger partial charge on any atom is 0.329 e. The van der Waals surface area contributed by atoms with E-state index in [1.165, 1.54) is 0 Å². The van der Waals surface area contributed by atoms with E-state index in [0.717, 1.165) is 6.42 Å². The van der Waals surface area contributed by atoms with E-state index in [1.54, 1.807) is 7.11 Å². The molecule has 0 bridgehead atoms. The molecule has 0 unspecified atom stereocenters. The molecule has 6 nitrogen and oxygen atoms in total. The first-order valence-corrected chi connectivity index (χ1v) is 5.64. The summed E-state index contributed by atoms with van der Waals surface area (Å²) in [6, 6.07) is -0.464. The Kier molecular flexibility index (Phi) is 3.98. The van der Waals surface area contributed by atoms with Gasteiger partial charge in [0, 0.05) is 7.11 Å². The summed E-state index contributed by atoms with van der Waals surface area (Å²) in [6.45, 7) is 3.98. The summed E-state index contributed by atoms with van der Waals surface area (Å²) in [7, 11) is 1.55. The number of nitrogens with one attached hydrogen (secondary N) is 2. The highest BCUT2D eigenvalue weighted by Crippen LogP contribution is 2.31. The van der Waals surface area contributed by atoms with Crippen LogP contribution in [0.1, 0.15) is 33.1 Å². The predicted molar refractivity (Wildman–Crippen MR) is 61.8 cm³/mol. The first-order chi connectivity index (χ1) is 7.81. The third kappa shape index (κ3) is 3.33. The fourth-order valence-electron chi connectivity index (χ4n) is 1.88. The highest BCUT2D eigenvalue weighted by molar-refractivity contribution is 5.87. The summed E-state index contributed by atoms with van der Waals surface area (Å²) in [4.78, 5) is 22.8. The van der Waals surface area contributed by atoms with Gasteiger partial charge in [-0.1, -0.05) is 0 Å². The van der Waals surface area contributed by atoms with Crippen molar-refractivity contribution in [2.75, 3.05) is 13.7 Å². The van der Waals surface area contributed by atoms with Gasteiger partial charge in [-0.05, 0) is 33.1 Å². The molecule has 1 fully saturated rings. The van der Waals surface area contributed by atoms with Gasteiger partial charge < -0.3 is 20.5 Å². The van der Waals surface area contributed by atoms with Gasteiger partial charge in [-0.15, -0.1) is 0 Å². The zero-order valence-electron chi connectivity index (χ0n) is 10.5. The summed E-state index contributed by atoms with van der Waals surface area (Å²) in [5.41, 5.74) is -1.60. The number of methoxy groups -OCH3 is 1. The number of ether oxygens (including phenoxy) is 1. The molecule has 1 aliphatic rings. The van der Waals surface area contributed by atoms with Crippen LogP contribution in [0.15, 0.2) is 0 Å². The summed E-state index contributed by atoms with van der Waals surface area (Å²) in [5.74, 6) is -0.969. The highest BCUT2D eigenvalue weighted by atomic mass is 16.5. The number of carbonyl (C=O) groups excluding carboxylic acids is 1. The number of carboxylic acid groups (broad SMARTS) is 1. The molecule has 1 rings (SSSR count). The van der Waals surface area contributed by atoms with Crippen molar-refractivity contribution in [3.05, 3.63) is 0 Å². The monoisotopic (exact) mass is 244 g/mol. The van der Waals surface area contributed by atoms with Crippen LogP contribution in [0.3, 0.4) is 0 Å². The second kappa shape index (κ2) is 4.91. The number of hydrogen-bond acceptors (Lipinski definition) is 3. The van der Waals surface area contributed by atoms with Gasteiger partial charge in [-0.25, -0.2) is 9.59 Å². The van der Waals surface area contributed by atoms with Gasteiger partial charge in [0.25, 0.3) is 0 Å². The molecule has 0 radical (unpaired) electrons. The molecule has 17 heavy (non-hydrogen) atoms. The van der Waals surface area contributed by atoms with Crippen molar-refractivity contribution in [3.8, 4) is 0 Å². The Bertz CT molecular complexity index is 311. The molecule has 6 heteroatoms. The minimum Gasteiger partial charge on any atom is -0.480 e. The third-order valence-electron chi connectivity index (χ3n) is 2.93. The van der Waals surface area contributed by atoms with Crippen LogP contribution in [0.5, 0.6) is 0 Å². The summed E-state index contributed by atoms with van der Waals surface area (Å²) >= 11 is 0. The van der Waals surface area contributed by atoms with Crippen LogP contribution in [-0.4, -0.2) is 41.9 Å². The molecule has 0 aromatic carbocycles. The lowest BCUT2D eigenvalue weighted by Gasteiger charge is -2.39. The molecule has 0 aliphatic heterocycles. The van der Waals surface area contributed by atoms with Gasteiger partial charge in [-0.2, -0.15) is 0 Å². The number of rotatable bonds is 5. The average molecular weight is 244 g/mol. The van der Waals surface area contributed by atoms with Crippen LogP contribution >= 0.6 is 0 Å². The van der Waals surface area contributed by atoms with Gasteiger partial charge in [0.1, 0.15) is 5.54 Å². The van der Waals surface area contributed by atoms with Crippen molar-refractivity contribution in [2.45, 2.75) is 44.2 Å². The van der Waals surface area contributed by atoms with E-state index in [1.807, 2.05) is 13.8 Å². The molecule has 2 amide bonds. The van der Waals surface area contributed by atoms with E-state index in [0.29, 0.717) is 19.4 Å². The lowest BCUT2D eigenvalue weighted by atomic mass is 9.77. The molecule has 0 atom stereocenters. The Morgan fingerprint density at radius 2 is 2.00 bits per heavy atom. The summed E-state index contributed by atoms with van der Waals surface area (Å²) in [5, 5.41) is 14.3. The smallest absolute Gasteiger partial charge is 0.329 e. The molecule has 98 valence electrons. The van der Waals surface area contributed by atoms with E-state index in [2.05, 4.69) is 10.6 Å². The molecule has 1 saturated carbocycles. The fraction of sp³-hybridized carbons (Fsp3) is 0.818. The lowest BCUT2D eigenvalue weighted by molar-refractivity contribution is -0.148. The fourth-order valence-corrected chi connectivity index (χ4v) is 1.88. The minimum atomic E-state index is -1.08. The SMILES string of the molecule is COCC(C)(C)NC(=O)NC1(C(=O)O)CCC1. The van der Waals surface area contributed by atoms with E-state index >= 15 is 0 Å². The lowest BCUT2D eigenvalue weighted by Crippen LogP contribution is -2.63. The number of amides is 2. The number of hydrogen-bond donors (Lipinski definition) is 3. The van der Waals surface area contributed by atoms with Crippen molar-refractivity contribution >= 4 is 12.0 Å². The molecule has 3 N–H and O–H groups in total. The maximum atomic E-state index is 11.7. The quantitative estimate of drug-likeness (QED) is 0.665. The second-order valence-corrected chi connectivity index (χ2v) is 5.14.